The molecule has 21 heavy (non-hydrogen) atoms. The van der Waals surface area contributed by atoms with Gasteiger partial charge in [0.2, 0.25) is 0 Å². The lowest BCUT2D eigenvalue weighted by Gasteiger charge is -2.11. The van der Waals surface area contributed by atoms with Crippen molar-refractivity contribution in [1.29, 1.82) is 5.26 Å². The Bertz CT molecular complexity index is 708. The summed E-state index contributed by atoms with van der Waals surface area (Å²) in [5, 5.41) is 12.6. The SMILES string of the molecule is COC(=O)c1ccccc1CNc1cc(C#N)ccc1Cl. The molecule has 0 heterocycles. The predicted molar refractivity (Wildman–Crippen MR) is 81.3 cm³/mol. The zero-order valence-corrected chi connectivity index (χ0v) is 12.1. The average Bonchev–Trinajstić information content (AvgIpc) is 2.53. The summed E-state index contributed by atoms with van der Waals surface area (Å²) in [4.78, 5) is 11.7. The highest BCUT2D eigenvalue weighted by Gasteiger charge is 2.11. The molecule has 0 saturated heterocycles. The predicted octanol–water partition coefficient (Wildman–Crippen LogP) is 3.61. The Labute approximate surface area is 127 Å². The van der Waals surface area contributed by atoms with Crippen molar-refractivity contribution in [3.05, 3.63) is 64.2 Å². The fourth-order valence-corrected chi connectivity index (χ4v) is 2.09. The van der Waals surface area contributed by atoms with Crippen molar-refractivity contribution in [3.63, 3.8) is 0 Å². The number of anilines is 1. The number of nitrogens with zero attached hydrogens (tertiary/aromatic N) is 1. The molecule has 0 amide bonds. The summed E-state index contributed by atoms with van der Waals surface area (Å²) in [6.07, 6.45) is 0. The van der Waals surface area contributed by atoms with Crippen molar-refractivity contribution in [2.75, 3.05) is 12.4 Å². The number of hydrogen-bond donors (Lipinski definition) is 1. The highest BCUT2D eigenvalue weighted by atomic mass is 35.5. The van der Waals surface area contributed by atoms with Gasteiger partial charge in [0.05, 0.1) is 35.0 Å². The number of carbonyl (C=O) groups excluding carboxylic acids is 1. The zero-order chi connectivity index (χ0) is 15.2. The van der Waals surface area contributed by atoms with Crippen LogP contribution in [-0.2, 0) is 11.3 Å². The molecule has 0 aliphatic rings. The summed E-state index contributed by atoms with van der Waals surface area (Å²) >= 11 is 6.09. The molecule has 2 aromatic carbocycles. The molecule has 0 bridgehead atoms. The molecular formula is C16H13ClN2O2. The second-order valence-electron chi connectivity index (χ2n) is 4.31. The van der Waals surface area contributed by atoms with E-state index < -0.39 is 0 Å². The first-order valence-electron chi connectivity index (χ1n) is 6.25. The molecule has 1 N–H and O–H groups in total. The summed E-state index contributed by atoms with van der Waals surface area (Å²) < 4.78 is 4.75. The van der Waals surface area contributed by atoms with E-state index in [-0.39, 0.29) is 5.97 Å². The second-order valence-corrected chi connectivity index (χ2v) is 4.72. The second kappa shape index (κ2) is 6.78. The number of rotatable bonds is 4. The molecule has 0 unspecified atom stereocenters. The van der Waals surface area contributed by atoms with Gasteiger partial charge in [-0.05, 0) is 29.8 Å². The van der Waals surface area contributed by atoms with E-state index in [4.69, 9.17) is 21.6 Å². The molecular weight excluding hydrogens is 288 g/mol. The van der Waals surface area contributed by atoms with Crippen LogP contribution in [0.3, 0.4) is 0 Å². The molecule has 4 nitrogen and oxygen atoms in total. The van der Waals surface area contributed by atoms with E-state index in [1.165, 1.54) is 7.11 Å². The van der Waals surface area contributed by atoms with Gasteiger partial charge in [0, 0.05) is 6.54 Å². The van der Waals surface area contributed by atoms with Gasteiger partial charge < -0.3 is 10.1 Å². The average molecular weight is 301 g/mol. The molecule has 0 fully saturated rings. The van der Waals surface area contributed by atoms with Crippen LogP contribution in [0.2, 0.25) is 5.02 Å². The highest BCUT2D eigenvalue weighted by Crippen LogP contribution is 2.24. The molecule has 0 spiro atoms. The summed E-state index contributed by atoms with van der Waals surface area (Å²) in [5.41, 5.74) is 2.46. The van der Waals surface area contributed by atoms with E-state index in [1.807, 2.05) is 12.1 Å². The number of methoxy groups -OCH3 is 1. The zero-order valence-electron chi connectivity index (χ0n) is 11.4. The van der Waals surface area contributed by atoms with E-state index in [0.717, 1.165) is 5.56 Å². The Morgan fingerprint density at radius 2 is 2.10 bits per heavy atom. The van der Waals surface area contributed by atoms with Gasteiger partial charge in [-0.25, -0.2) is 4.79 Å². The van der Waals surface area contributed by atoms with Gasteiger partial charge in [0.15, 0.2) is 0 Å². The molecule has 0 aliphatic carbocycles. The van der Waals surface area contributed by atoms with Crippen molar-refractivity contribution in [1.82, 2.24) is 0 Å². The molecule has 0 aliphatic heterocycles. The van der Waals surface area contributed by atoms with Gasteiger partial charge in [-0.15, -0.1) is 0 Å². The number of hydrogen-bond acceptors (Lipinski definition) is 4. The fraction of sp³-hybridized carbons (Fsp3) is 0.125. The molecule has 2 rings (SSSR count). The number of benzene rings is 2. The maximum atomic E-state index is 11.7. The molecule has 5 heteroatoms. The van der Waals surface area contributed by atoms with Gasteiger partial charge in [-0.3, -0.25) is 0 Å². The topological polar surface area (TPSA) is 62.1 Å². The molecule has 0 radical (unpaired) electrons. The minimum absolute atomic E-state index is 0.385. The van der Waals surface area contributed by atoms with Gasteiger partial charge in [0.1, 0.15) is 0 Å². The number of nitrogens with one attached hydrogen (secondary N) is 1. The molecule has 2 aromatic rings. The van der Waals surface area contributed by atoms with Crippen molar-refractivity contribution < 1.29 is 9.53 Å². The van der Waals surface area contributed by atoms with Gasteiger partial charge in [-0.1, -0.05) is 29.8 Å². The monoisotopic (exact) mass is 300 g/mol. The number of ether oxygens (including phenoxy) is 1. The van der Waals surface area contributed by atoms with E-state index in [2.05, 4.69) is 11.4 Å². The molecule has 106 valence electrons. The van der Waals surface area contributed by atoms with Gasteiger partial charge in [-0.2, -0.15) is 5.26 Å². The quantitative estimate of drug-likeness (QED) is 0.876. The lowest BCUT2D eigenvalue weighted by atomic mass is 10.1. The van der Waals surface area contributed by atoms with Crippen LogP contribution in [0.1, 0.15) is 21.5 Å². The van der Waals surface area contributed by atoms with Crippen LogP contribution in [0.5, 0.6) is 0 Å². The van der Waals surface area contributed by atoms with Crippen LogP contribution in [0.4, 0.5) is 5.69 Å². The fourth-order valence-electron chi connectivity index (χ4n) is 1.90. The third kappa shape index (κ3) is 3.53. The number of nitriles is 1. The summed E-state index contributed by atoms with van der Waals surface area (Å²) in [7, 11) is 1.35. The first-order chi connectivity index (χ1) is 10.2. The van der Waals surface area contributed by atoms with E-state index in [1.54, 1.807) is 30.3 Å². The largest absolute Gasteiger partial charge is 0.465 e. The van der Waals surface area contributed by atoms with E-state index in [9.17, 15) is 4.79 Å². The highest BCUT2D eigenvalue weighted by molar-refractivity contribution is 6.33. The maximum Gasteiger partial charge on any atom is 0.338 e. The Balaban J connectivity index is 2.21. The van der Waals surface area contributed by atoms with Crippen LogP contribution in [-0.4, -0.2) is 13.1 Å². The van der Waals surface area contributed by atoms with Gasteiger partial charge in [0.25, 0.3) is 0 Å². The minimum Gasteiger partial charge on any atom is -0.465 e. The Morgan fingerprint density at radius 1 is 1.33 bits per heavy atom. The molecule has 0 atom stereocenters. The third-order valence-electron chi connectivity index (χ3n) is 2.99. The van der Waals surface area contributed by atoms with Crippen molar-refractivity contribution >= 4 is 23.3 Å². The standard InChI is InChI=1S/C16H13ClN2O2/c1-21-16(20)13-5-3-2-4-12(13)10-19-15-8-11(9-18)6-7-14(15)17/h2-8,19H,10H2,1H3. The Hall–Kier alpha value is -2.51. The number of carbonyl (C=O) groups is 1. The van der Waals surface area contributed by atoms with Crippen molar-refractivity contribution in [2.45, 2.75) is 6.54 Å². The van der Waals surface area contributed by atoms with Crippen LogP contribution >= 0.6 is 11.6 Å². The van der Waals surface area contributed by atoms with Crippen LogP contribution < -0.4 is 5.32 Å². The first-order valence-corrected chi connectivity index (χ1v) is 6.63. The lowest BCUT2D eigenvalue weighted by molar-refractivity contribution is 0.0599. The summed E-state index contributed by atoms with van der Waals surface area (Å²) in [6.45, 7) is 0.403. The third-order valence-corrected chi connectivity index (χ3v) is 3.32. The Kier molecular flexibility index (Phi) is 4.81. The summed E-state index contributed by atoms with van der Waals surface area (Å²) in [5.74, 6) is -0.385. The normalized spacial score (nSPS) is 9.76. The summed E-state index contributed by atoms with van der Waals surface area (Å²) in [6, 6.07) is 14.2. The molecule has 0 saturated carbocycles. The van der Waals surface area contributed by atoms with Crippen molar-refractivity contribution in [2.24, 2.45) is 0 Å². The minimum atomic E-state index is -0.385. The van der Waals surface area contributed by atoms with Crippen LogP contribution in [0.15, 0.2) is 42.5 Å². The van der Waals surface area contributed by atoms with Gasteiger partial charge >= 0.3 is 5.97 Å². The van der Waals surface area contributed by atoms with E-state index in [0.29, 0.717) is 28.4 Å². The maximum absolute atomic E-state index is 11.7. The van der Waals surface area contributed by atoms with Crippen molar-refractivity contribution in [3.8, 4) is 6.07 Å². The first kappa shape index (κ1) is 14.9. The van der Waals surface area contributed by atoms with Crippen LogP contribution in [0.25, 0.3) is 0 Å². The number of esters is 1. The smallest absolute Gasteiger partial charge is 0.338 e. The van der Waals surface area contributed by atoms with Crippen LogP contribution in [0, 0.1) is 11.3 Å². The lowest BCUT2D eigenvalue weighted by Crippen LogP contribution is -2.09. The number of halogens is 1. The molecule has 0 aromatic heterocycles. The van der Waals surface area contributed by atoms with E-state index >= 15 is 0 Å². The Morgan fingerprint density at radius 3 is 2.81 bits per heavy atom.